The number of benzene rings is 3. The number of hydrogen-bond donors (Lipinski definition) is 0. The van der Waals surface area contributed by atoms with E-state index in [1.54, 1.807) is 0 Å². The minimum absolute atomic E-state index is 0.781. The molecule has 5 rings (SSSR count). The van der Waals surface area contributed by atoms with E-state index in [9.17, 15) is 0 Å². The third-order valence-corrected chi connectivity index (χ3v) is 6.16. The molecule has 0 spiro atoms. The highest BCUT2D eigenvalue weighted by Crippen LogP contribution is 2.34. The minimum Gasteiger partial charge on any atom is -0.457 e. The molecule has 3 aromatic carbocycles. The zero-order valence-corrected chi connectivity index (χ0v) is 19.6. The van der Waals surface area contributed by atoms with Crippen LogP contribution in [-0.2, 0) is 4.74 Å². The summed E-state index contributed by atoms with van der Waals surface area (Å²) in [6.07, 6.45) is 10.1. The molecule has 0 aromatic heterocycles. The number of hydrogen-bond acceptors (Lipinski definition) is 2. The number of para-hydroxylation sites is 1. The number of fused-ring (bicyclic) bond motifs is 1. The van der Waals surface area contributed by atoms with Gasteiger partial charge in [0.2, 0.25) is 0 Å². The van der Waals surface area contributed by atoms with Crippen molar-refractivity contribution in [1.82, 2.24) is 0 Å². The van der Waals surface area contributed by atoms with E-state index in [2.05, 4.69) is 97.5 Å². The summed E-state index contributed by atoms with van der Waals surface area (Å²) in [5.74, 6) is 1.60. The molecule has 2 aliphatic rings. The third-order valence-electron chi connectivity index (χ3n) is 5.10. The molecule has 3 aromatic rings. The second-order valence-corrected chi connectivity index (χ2v) is 9.02. The Kier molecular flexibility index (Phi) is 5.58. The largest absolute Gasteiger partial charge is 0.457 e. The van der Waals surface area contributed by atoms with Gasteiger partial charge in [0.05, 0.1) is 5.69 Å². The van der Waals surface area contributed by atoms with E-state index in [4.69, 9.17) is 4.74 Å². The Balaban J connectivity index is 1.54. The molecule has 0 saturated carbocycles. The van der Waals surface area contributed by atoms with Gasteiger partial charge < -0.3 is 4.74 Å². The zero-order valence-electron chi connectivity index (χ0n) is 16.4. The second kappa shape index (κ2) is 8.66. The van der Waals surface area contributed by atoms with Crippen molar-refractivity contribution in [2.24, 2.45) is 4.99 Å². The molecule has 4 heteroatoms. The van der Waals surface area contributed by atoms with Crippen molar-refractivity contribution in [2.75, 3.05) is 0 Å². The first-order valence-electron chi connectivity index (χ1n) is 9.84. The summed E-state index contributed by atoms with van der Waals surface area (Å²) < 4.78 is 8.36. The molecule has 2 nitrogen and oxygen atoms in total. The molecule has 31 heavy (non-hydrogen) atoms. The molecule has 0 radical (unpaired) electrons. The van der Waals surface area contributed by atoms with Gasteiger partial charge in [0.1, 0.15) is 11.5 Å². The van der Waals surface area contributed by atoms with Crippen molar-refractivity contribution in [3.8, 4) is 0 Å². The van der Waals surface area contributed by atoms with Crippen LogP contribution < -0.4 is 0 Å². The maximum atomic E-state index is 6.27. The Morgan fingerprint density at radius 2 is 1.39 bits per heavy atom. The number of rotatable bonds is 3. The quantitative estimate of drug-likeness (QED) is 0.333. The smallest absolute Gasteiger partial charge is 0.135 e. The molecular weight excluding hydrogens is 514 g/mol. The van der Waals surface area contributed by atoms with Crippen LogP contribution >= 0.6 is 31.9 Å². The Morgan fingerprint density at radius 1 is 0.710 bits per heavy atom. The van der Waals surface area contributed by atoms with Crippen molar-refractivity contribution in [2.45, 2.75) is 0 Å². The highest BCUT2D eigenvalue weighted by molar-refractivity contribution is 9.10. The van der Waals surface area contributed by atoms with E-state index in [0.717, 1.165) is 54.0 Å². The van der Waals surface area contributed by atoms with Crippen LogP contribution in [-0.4, -0.2) is 6.21 Å². The van der Waals surface area contributed by atoms with Crippen LogP contribution in [0.2, 0.25) is 0 Å². The molecule has 0 unspecified atom stereocenters. The molecule has 0 amide bonds. The average molecular weight is 531 g/mol. The van der Waals surface area contributed by atoms with Crippen molar-refractivity contribution in [1.29, 1.82) is 0 Å². The lowest BCUT2D eigenvalue weighted by Gasteiger charge is -2.18. The van der Waals surface area contributed by atoms with E-state index in [1.807, 2.05) is 42.6 Å². The fourth-order valence-electron chi connectivity index (χ4n) is 3.51. The van der Waals surface area contributed by atoms with Crippen LogP contribution in [0.5, 0.6) is 0 Å². The molecule has 0 saturated heterocycles. The van der Waals surface area contributed by atoms with Crippen LogP contribution in [0.4, 0.5) is 5.69 Å². The molecule has 2 heterocycles. The van der Waals surface area contributed by atoms with Gasteiger partial charge in [-0.25, -0.2) is 0 Å². The monoisotopic (exact) mass is 529 g/mol. The molecule has 0 bridgehead atoms. The summed E-state index contributed by atoms with van der Waals surface area (Å²) >= 11 is 7.02. The second-order valence-electron chi connectivity index (χ2n) is 7.19. The van der Waals surface area contributed by atoms with Gasteiger partial charge in [-0.1, -0.05) is 74.3 Å². The average Bonchev–Trinajstić information content (AvgIpc) is 3.22. The van der Waals surface area contributed by atoms with Crippen LogP contribution in [0.1, 0.15) is 16.7 Å². The van der Waals surface area contributed by atoms with E-state index in [0.29, 0.717) is 0 Å². The molecule has 150 valence electrons. The highest BCUT2D eigenvalue weighted by Gasteiger charge is 2.15. The lowest BCUT2D eigenvalue weighted by molar-refractivity contribution is 0.398. The van der Waals surface area contributed by atoms with Gasteiger partial charge in [-0.15, -0.1) is 0 Å². The van der Waals surface area contributed by atoms with E-state index < -0.39 is 0 Å². The fraction of sp³-hybridized carbons (Fsp3) is 0. The minimum atomic E-state index is 0.781. The summed E-state index contributed by atoms with van der Waals surface area (Å²) in [5, 5.41) is 0. The summed E-state index contributed by atoms with van der Waals surface area (Å²) in [6, 6.07) is 24.6. The number of halogens is 2. The summed E-state index contributed by atoms with van der Waals surface area (Å²) in [7, 11) is 0. The predicted molar refractivity (Wildman–Crippen MR) is 136 cm³/mol. The lowest BCUT2D eigenvalue weighted by Crippen LogP contribution is -1.99. The van der Waals surface area contributed by atoms with Gasteiger partial charge in [-0.2, -0.15) is 0 Å². The number of nitrogens with zero attached hydrogens (tertiary/aromatic N) is 1. The first-order valence-corrected chi connectivity index (χ1v) is 11.4. The van der Waals surface area contributed by atoms with Crippen molar-refractivity contribution in [3.05, 3.63) is 128 Å². The Labute approximate surface area is 198 Å². The van der Waals surface area contributed by atoms with Crippen molar-refractivity contribution < 1.29 is 4.74 Å². The van der Waals surface area contributed by atoms with Crippen molar-refractivity contribution >= 4 is 60.7 Å². The number of aliphatic imine (C=N–C) groups is 1. The molecule has 0 fully saturated rings. The van der Waals surface area contributed by atoms with Crippen LogP contribution in [0, 0.1) is 0 Å². The maximum absolute atomic E-state index is 6.27. The van der Waals surface area contributed by atoms with E-state index >= 15 is 0 Å². The SMILES string of the molecule is Brc1ccc(C2=C/C(=C\C=C3/C=Nc4ccccc43)OC(c3ccc(Br)cc3)=C2)cc1. The number of allylic oxidation sites excluding steroid dienone is 6. The van der Waals surface area contributed by atoms with E-state index in [-0.39, 0.29) is 0 Å². The highest BCUT2D eigenvalue weighted by atomic mass is 79.9. The Hall–Kier alpha value is -2.95. The lowest BCUT2D eigenvalue weighted by atomic mass is 10.0. The van der Waals surface area contributed by atoms with Gasteiger partial charge >= 0.3 is 0 Å². The third kappa shape index (κ3) is 4.41. The topological polar surface area (TPSA) is 21.6 Å². The van der Waals surface area contributed by atoms with Gasteiger partial charge in [-0.05, 0) is 65.8 Å². The zero-order chi connectivity index (χ0) is 21.2. The maximum Gasteiger partial charge on any atom is 0.135 e. The first-order chi connectivity index (χ1) is 15.2. The van der Waals surface area contributed by atoms with Gasteiger partial charge in [-0.3, -0.25) is 4.99 Å². The standard InChI is InChI=1S/C27H17Br2NO/c28-22-10-5-18(6-11-22)21-15-24(31-27(16-21)19-7-12-23(29)13-8-19)14-9-20-17-30-26-4-2-1-3-25(20)26/h1-17H/b20-9+,24-14+. The van der Waals surface area contributed by atoms with Gasteiger partial charge in [0, 0.05) is 31.9 Å². The first kappa shape index (κ1) is 20.0. The van der Waals surface area contributed by atoms with Crippen molar-refractivity contribution in [3.63, 3.8) is 0 Å². The Morgan fingerprint density at radius 3 is 2.13 bits per heavy atom. The Bertz CT molecular complexity index is 1290. The number of ether oxygens (including phenoxy) is 1. The fourth-order valence-corrected chi connectivity index (χ4v) is 4.04. The van der Waals surface area contributed by atoms with Crippen LogP contribution in [0.15, 0.2) is 117 Å². The predicted octanol–water partition coefficient (Wildman–Crippen LogP) is 8.35. The molecule has 0 aliphatic carbocycles. The normalized spacial score (nSPS) is 17.4. The molecule has 0 atom stereocenters. The summed E-state index contributed by atoms with van der Waals surface area (Å²) in [6.45, 7) is 0. The van der Waals surface area contributed by atoms with Crippen LogP contribution in [0.3, 0.4) is 0 Å². The van der Waals surface area contributed by atoms with Gasteiger partial charge in [0.15, 0.2) is 0 Å². The molecule has 2 aliphatic heterocycles. The molecular formula is C27H17Br2NO. The van der Waals surface area contributed by atoms with Crippen LogP contribution in [0.25, 0.3) is 16.9 Å². The summed E-state index contributed by atoms with van der Waals surface area (Å²) in [4.78, 5) is 4.49. The van der Waals surface area contributed by atoms with E-state index in [1.165, 1.54) is 0 Å². The van der Waals surface area contributed by atoms with Gasteiger partial charge in [0.25, 0.3) is 0 Å². The molecule has 0 N–H and O–H groups in total. The summed E-state index contributed by atoms with van der Waals surface area (Å²) in [5.41, 5.74) is 6.46.